The molecule has 8 aromatic carbocycles. The second-order valence-corrected chi connectivity index (χ2v) is 18.9. The summed E-state index contributed by atoms with van der Waals surface area (Å²) in [5, 5.41) is 24.8. The Balaban J connectivity index is 0.00000234. The summed E-state index contributed by atoms with van der Waals surface area (Å²) in [5.41, 5.74) is 16.4. The first kappa shape index (κ1) is 53.0. The molecule has 364 valence electrons. The molecule has 10 rings (SSSR count). The number of para-hydroxylation sites is 2. The topological polar surface area (TPSA) is 219 Å². The summed E-state index contributed by atoms with van der Waals surface area (Å²) in [6.07, 6.45) is 9.20. The van der Waals surface area contributed by atoms with Gasteiger partial charge in [-0.15, -0.1) is 10.2 Å². The maximum Gasteiger partial charge on any atom is 1.00 e. The van der Waals surface area contributed by atoms with Crippen molar-refractivity contribution in [2.75, 3.05) is 31.7 Å². The van der Waals surface area contributed by atoms with Crippen LogP contribution in [0.5, 0.6) is 0 Å². The van der Waals surface area contributed by atoms with E-state index in [0.29, 0.717) is 23.0 Å². The smallest absolute Gasteiger partial charge is 1.00 e. The molecular formula is C52H46N12Na2O6S2. The zero-order valence-corrected chi connectivity index (χ0v) is 45.4. The number of hydrogen-bond acceptors (Lipinski definition) is 16. The molecule has 2 heterocycles. The third-order valence-electron chi connectivity index (χ3n) is 11.3. The van der Waals surface area contributed by atoms with E-state index in [9.17, 15) is 25.9 Å². The van der Waals surface area contributed by atoms with Gasteiger partial charge in [0.05, 0.1) is 35.2 Å². The van der Waals surface area contributed by atoms with E-state index in [1.807, 2.05) is 146 Å². The first-order chi connectivity index (χ1) is 34.9. The fourth-order valence-electron chi connectivity index (χ4n) is 7.91. The van der Waals surface area contributed by atoms with E-state index in [4.69, 9.17) is 0 Å². The number of hydrogen-bond donors (Lipinski definition) is 8. The molecule has 0 aliphatic carbocycles. The standard InChI is InChI=1S/C52H44N12O6S2.2Na.2H/c65-71(66,67)49-35-43(61(57-47-23-11-15-37-13-7-9-21-45(37)47)63-53-33-31-51(59-63)55-41-17-3-1-4-18-41)29-27-39(49)25-26-40-28-30-44(36-50(40)72(68,69)70)62(58-48-24-12-16-38-14-8-10-22-46(38)48)64-54-34-32-52(60-64)56-42-19-5-2-6-20-42;;;;/h1-36,55-60H,(H,65,66,67)(H,68,69,70);;;;/q;2*+1;2*-1/b26-25+;;;;. The van der Waals surface area contributed by atoms with Crippen molar-refractivity contribution in [1.29, 1.82) is 0 Å². The van der Waals surface area contributed by atoms with Gasteiger partial charge in [-0.3, -0.25) is 20.0 Å². The van der Waals surface area contributed by atoms with Crippen LogP contribution in [0.4, 0.5) is 34.1 Å². The number of anilines is 6. The minimum absolute atomic E-state index is 0. The number of nitrogens with one attached hydrogen (secondary N) is 6. The van der Waals surface area contributed by atoms with E-state index in [1.165, 1.54) is 57.1 Å². The van der Waals surface area contributed by atoms with Crippen LogP contribution in [0.1, 0.15) is 14.0 Å². The molecular weight excluding hydrogens is 999 g/mol. The summed E-state index contributed by atoms with van der Waals surface area (Å²) in [4.78, 5) is -1.03. The normalized spacial score (nSPS) is 13.2. The van der Waals surface area contributed by atoms with Gasteiger partial charge in [0.2, 0.25) is 0 Å². The summed E-state index contributed by atoms with van der Waals surface area (Å²) in [6.45, 7) is 0. The second-order valence-electron chi connectivity index (χ2n) is 16.1. The van der Waals surface area contributed by atoms with Gasteiger partial charge in [0.15, 0.2) is 0 Å². The van der Waals surface area contributed by atoms with Gasteiger partial charge >= 0.3 is 59.1 Å². The first-order valence-electron chi connectivity index (χ1n) is 22.2. The second kappa shape index (κ2) is 23.3. The number of hydrazone groups is 2. The van der Waals surface area contributed by atoms with Gasteiger partial charge in [0, 0.05) is 34.3 Å². The minimum Gasteiger partial charge on any atom is -1.00 e. The Hall–Kier alpha value is -7.34. The van der Waals surface area contributed by atoms with E-state index in [-0.39, 0.29) is 84.5 Å². The van der Waals surface area contributed by atoms with Crippen molar-refractivity contribution < 1.29 is 87.9 Å². The van der Waals surface area contributed by atoms with E-state index in [0.717, 1.165) is 32.9 Å². The molecule has 0 spiro atoms. The van der Waals surface area contributed by atoms with Gasteiger partial charge in [-0.1, -0.05) is 144 Å². The van der Waals surface area contributed by atoms with Gasteiger partial charge < -0.3 is 13.5 Å². The third-order valence-corrected chi connectivity index (χ3v) is 13.1. The maximum absolute atomic E-state index is 13.3. The predicted molar refractivity (Wildman–Crippen MR) is 287 cm³/mol. The van der Waals surface area contributed by atoms with Crippen LogP contribution in [-0.4, -0.2) is 48.8 Å². The Morgan fingerprint density at radius 2 is 0.865 bits per heavy atom. The molecule has 8 aromatic rings. The van der Waals surface area contributed by atoms with Crippen molar-refractivity contribution in [2.45, 2.75) is 9.79 Å². The van der Waals surface area contributed by atoms with Gasteiger partial charge in [-0.25, -0.2) is 10.9 Å². The third kappa shape index (κ3) is 12.4. The maximum atomic E-state index is 13.3. The Labute approximate surface area is 474 Å². The van der Waals surface area contributed by atoms with Gasteiger partial charge in [0.1, 0.15) is 21.4 Å². The molecule has 0 saturated carbocycles. The number of nitrogens with zero attached hydrogens (tertiary/aromatic N) is 6. The van der Waals surface area contributed by atoms with Crippen LogP contribution >= 0.6 is 0 Å². The zero-order chi connectivity index (χ0) is 49.7. The average Bonchev–Trinajstić information content (AvgIpc) is 3.39. The number of hydrazine groups is 6. The molecule has 0 fully saturated rings. The molecule has 2 aliphatic heterocycles. The summed E-state index contributed by atoms with van der Waals surface area (Å²) in [5.74, 6) is 1.07. The molecule has 22 heteroatoms. The molecule has 0 unspecified atom stereocenters. The van der Waals surface area contributed by atoms with Crippen LogP contribution in [0.25, 0.3) is 33.7 Å². The van der Waals surface area contributed by atoms with Crippen molar-refractivity contribution in [1.82, 2.24) is 21.3 Å². The number of fused-ring (bicyclic) bond motifs is 2. The fourth-order valence-corrected chi connectivity index (χ4v) is 9.32. The Morgan fingerprint density at radius 1 is 0.486 bits per heavy atom. The Kier molecular flexibility index (Phi) is 16.6. The molecule has 0 saturated heterocycles. The number of benzene rings is 8. The van der Waals surface area contributed by atoms with E-state index in [2.05, 4.69) is 42.5 Å². The van der Waals surface area contributed by atoms with Crippen molar-refractivity contribution in [2.24, 2.45) is 10.2 Å². The van der Waals surface area contributed by atoms with E-state index in [1.54, 1.807) is 36.7 Å². The van der Waals surface area contributed by atoms with Crippen LogP contribution < -0.4 is 102 Å². The molecule has 74 heavy (non-hydrogen) atoms. The SMILES string of the molecule is O=S(=O)(O)c1cc(N(Nc2cccc3ccccc23)N2N=CC=C(Nc3ccccc3)N2)ccc1/C=C/c1ccc(N(Nc2cccc3ccccc23)N2N=CC=C(Nc3ccccc3)N2)cc1S(=O)(=O)O.[H-].[H-].[Na+].[Na+]. The number of allylic oxidation sites excluding steroid dienone is 2. The monoisotopic (exact) mass is 1040 g/mol. The van der Waals surface area contributed by atoms with Crippen molar-refractivity contribution >= 4 is 100 Å². The Morgan fingerprint density at radius 3 is 1.27 bits per heavy atom. The molecule has 2 aliphatic rings. The molecule has 18 nitrogen and oxygen atoms in total. The van der Waals surface area contributed by atoms with Crippen LogP contribution in [0.15, 0.2) is 226 Å². The summed E-state index contributed by atoms with van der Waals surface area (Å²) in [6, 6.07) is 54.3. The zero-order valence-electron chi connectivity index (χ0n) is 41.8. The Bertz CT molecular complexity index is 3480. The van der Waals surface area contributed by atoms with E-state index < -0.39 is 30.0 Å². The molecule has 0 atom stereocenters. The molecule has 0 radical (unpaired) electrons. The van der Waals surface area contributed by atoms with Gasteiger partial charge in [-0.2, -0.15) is 27.1 Å². The van der Waals surface area contributed by atoms with E-state index >= 15 is 0 Å². The van der Waals surface area contributed by atoms with Crippen LogP contribution in [0.3, 0.4) is 0 Å². The fraction of sp³-hybridized carbons (Fsp3) is 0. The minimum atomic E-state index is -4.95. The summed E-state index contributed by atoms with van der Waals surface area (Å²) >= 11 is 0. The van der Waals surface area contributed by atoms with Crippen LogP contribution in [0.2, 0.25) is 0 Å². The molecule has 8 N–H and O–H groups in total. The molecule has 0 amide bonds. The summed E-state index contributed by atoms with van der Waals surface area (Å²) < 4.78 is 74.7. The molecule has 0 bridgehead atoms. The van der Waals surface area contributed by atoms with Crippen molar-refractivity contribution in [3.8, 4) is 0 Å². The largest absolute Gasteiger partial charge is 1.00 e. The predicted octanol–water partition coefficient (Wildman–Crippen LogP) is 3.91. The molecule has 0 aromatic heterocycles. The van der Waals surface area contributed by atoms with Crippen molar-refractivity contribution in [3.63, 3.8) is 0 Å². The number of rotatable bonds is 16. The summed E-state index contributed by atoms with van der Waals surface area (Å²) in [7, 11) is -9.89. The first-order valence-corrected chi connectivity index (χ1v) is 25.1. The van der Waals surface area contributed by atoms with Crippen molar-refractivity contribution in [3.05, 3.63) is 217 Å². The van der Waals surface area contributed by atoms with Gasteiger partial charge in [0.25, 0.3) is 20.2 Å². The van der Waals surface area contributed by atoms with Gasteiger partial charge in [-0.05, 0) is 82.6 Å². The average molecular weight is 1050 g/mol. The quantitative estimate of drug-likeness (QED) is 0.0298. The van der Waals surface area contributed by atoms with Crippen LogP contribution in [0, 0.1) is 0 Å². The van der Waals surface area contributed by atoms with Crippen LogP contribution in [-0.2, 0) is 20.2 Å².